The van der Waals surface area contributed by atoms with Crippen molar-refractivity contribution in [2.75, 3.05) is 13.2 Å². The summed E-state index contributed by atoms with van der Waals surface area (Å²) in [6.07, 6.45) is 7.94. The molecule has 3 heteroatoms. The highest BCUT2D eigenvalue weighted by molar-refractivity contribution is 5.36. The second-order valence-corrected chi connectivity index (χ2v) is 6.67. The maximum absolute atomic E-state index is 9.20. The third-order valence-electron chi connectivity index (χ3n) is 4.09. The van der Waals surface area contributed by atoms with Crippen LogP contribution in [0.4, 0.5) is 0 Å². The molecule has 0 aromatic heterocycles. The normalized spacial score (nSPS) is 13.9. The van der Waals surface area contributed by atoms with Crippen LogP contribution < -0.4 is 10.5 Å². The van der Waals surface area contributed by atoms with Gasteiger partial charge in [0.1, 0.15) is 5.75 Å². The lowest BCUT2D eigenvalue weighted by Crippen LogP contribution is -2.40. The molecule has 0 unspecified atom stereocenters. The van der Waals surface area contributed by atoms with E-state index in [0.29, 0.717) is 0 Å². The van der Waals surface area contributed by atoms with Crippen LogP contribution in [0.2, 0.25) is 0 Å². The van der Waals surface area contributed by atoms with Crippen LogP contribution in [-0.4, -0.2) is 23.9 Å². The molecule has 0 fully saturated rings. The van der Waals surface area contributed by atoms with Crippen molar-refractivity contribution < 1.29 is 9.84 Å². The summed E-state index contributed by atoms with van der Waals surface area (Å²) in [5.74, 6) is 0.983. The van der Waals surface area contributed by atoms with Gasteiger partial charge in [-0.25, -0.2) is 0 Å². The SMILES string of the molecule is CCCCCCCOc1ccc(CC[C@](C)(N)CO)cc1C. The molecule has 22 heavy (non-hydrogen) atoms. The van der Waals surface area contributed by atoms with E-state index in [9.17, 15) is 5.11 Å². The van der Waals surface area contributed by atoms with E-state index in [1.54, 1.807) is 0 Å². The Balaban J connectivity index is 2.38. The highest BCUT2D eigenvalue weighted by Gasteiger charge is 2.16. The fraction of sp³-hybridized carbons (Fsp3) is 0.684. The Bertz CT molecular complexity index is 429. The van der Waals surface area contributed by atoms with E-state index in [1.165, 1.54) is 36.8 Å². The van der Waals surface area contributed by atoms with Crippen LogP contribution in [0, 0.1) is 6.92 Å². The number of aryl methyl sites for hydroxylation is 2. The lowest BCUT2D eigenvalue weighted by atomic mass is 9.94. The minimum absolute atomic E-state index is 0.0191. The van der Waals surface area contributed by atoms with Crippen molar-refractivity contribution in [3.63, 3.8) is 0 Å². The third kappa shape index (κ3) is 7.28. The van der Waals surface area contributed by atoms with E-state index in [1.807, 2.05) is 6.92 Å². The fourth-order valence-corrected chi connectivity index (χ4v) is 2.43. The summed E-state index contributed by atoms with van der Waals surface area (Å²) in [6, 6.07) is 6.33. The van der Waals surface area contributed by atoms with Crippen LogP contribution in [0.3, 0.4) is 0 Å². The molecule has 0 amide bonds. The monoisotopic (exact) mass is 307 g/mol. The first kappa shape index (κ1) is 19.0. The van der Waals surface area contributed by atoms with Gasteiger partial charge in [-0.05, 0) is 50.3 Å². The molecule has 1 aromatic rings. The molecule has 126 valence electrons. The predicted molar refractivity (Wildman–Crippen MR) is 93.4 cm³/mol. The summed E-state index contributed by atoms with van der Waals surface area (Å²) in [4.78, 5) is 0. The molecule has 0 heterocycles. The topological polar surface area (TPSA) is 55.5 Å². The van der Waals surface area contributed by atoms with Gasteiger partial charge in [-0.15, -0.1) is 0 Å². The van der Waals surface area contributed by atoms with Crippen molar-refractivity contribution in [3.05, 3.63) is 29.3 Å². The van der Waals surface area contributed by atoms with Gasteiger partial charge in [-0.1, -0.05) is 44.7 Å². The minimum atomic E-state index is -0.498. The number of unbranched alkanes of at least 4 members (excludes halogenated alkanes) is 4. The Hall–Kier alpha value is -1.06. The molecule has 0 aliphatic carbocycles. The molecule has 0 bridgehead atoms. The van der Waals surface area contributed by atoms with Crippen molar-refractivity contribution in [1.29, 1.82) is 0 Å². The van der Waals surface area contributed by atoms with Gasteiger partial charge in [0.15, 0.2) is 0 Å². The number of benzene rings is 1. The van der Waals surface area contributed by atoms with Crippen molar-refractivity contribution in [2.45, 2.75) is 71.3 Å². The lowest BCUT2D eigenvalue weighted by Gasteiger charge is -2.21. The van der Waals surface area contributed by atoms with Gasteiger partial charge in [-0.3, -0.25) is 0 Å². The number of rotatable bonds is 11. The van der Waals surface area contributed by atoms with E-state index in [4.69, 9.17) is 10.5 Å². The molecule has 0 aliphatic rings. The molecule has 0 aliphatic heterocycles. The van der Waals surface area contributed by atoms with Crippen LogP contribution >= 0.6 is 0 Å². The molecule has 1 aromatic carbocycles. The van der Waals surface area contributed by atoms with Gasteiger partial charge in [0.2, 0.25) is 0 Å². The van der Waals surface area contributed by atoms with E-state index in [0.717, 1.165) is 31.6 Å². The van der Waals surface area contributed by atoms with E-state index >= 15 is 0 Å². The second-order valence-electron chi connectivity index (χ2n) is 6.67. The number of aliphatic hydroxyl groups excluding tert-OH is 1. The van der Waals surface area contributed by atoms with Crippen LogP contribution in [0.25, 0.3) is 0 Å². The van der Waals surface area contributed by atoms with Crippen molar-refractivity contribution in [1.82, 2.24) is 0 Å². The van der Waals surface area contributed by atoms with E-state index < -0.39 is 5.54 Å². The lowest BCUT2D eigenvalue weighted by molar-refractivity contribution is 0.200. The minimum Gasteiger partial charge on any atom is -0.493 e. The van der Waals surface area contributed by atoms with Crippen LogP contribution in [0.15, 0.2) is 18.2 Å². The van der Waals surface area contributed by atoms with Crippen LogP contribution in [0.1, 0.15) is 63.5 Å². The van der Waals surface area contributed by atoms with Crippen molar-refractivity contribution in [3.8, 4) is 5.75 Å². The third-order valence-corrected chi connectivity index (χ3v) is 4.09. The number of ether oxygens (including phenoxy) is 1. The van der Waals surface area contributed by atoms with Gasteiger partial charge >= 0.3 is 0 Å². The van der Waals surface area contributed by atoms with Gasteiger partial charge in [0, 0.05) is 5.54 Å². The maximum atomic E-state index is 9.20. The molecule has 0 radical (unpaired) electrons. The molecular formula is C19H33NO2. The second kappa shape index (κ2) is 9.86. The first-order valence-corrected chi connectivity index (χ1v) is 8.60. The van der Waals surface area contributed by atoms with Crippen molar-refractivity contribution in [2.24, 2.45) is 5.73 Å². The quantitative estimate of drug-likeness (QED) is 0.608. The Morgan fingerprint density at radius 1 is 1.18 bits per heavy atom. The molecule has 0 saturated carbocycles. The largest absolute Gasteiger partial charge is 0.493 e. The molecule has 1 atom stereocenters. The average molecular weight is 307 g/mol. The predicted octanol–water partition coefficient (Wildman–Crippen LogP) is 3.99. The maximum Gasteiger partial charge on any atom is 0.122 e. The smallest absolute Gasteiger partial charge is 0.122 e. The van der Waals surface area contributed by atoms with Crippen LogP contribution in [-0.2, 0) is 6.42 Å². The molecule has 0 saturated heterocycles. The standard InChI is InChI=1S/C19H33NO2/c1-4-5-6-7-8-13-22-18-10-9-17(14-16(18)2)11-12-19(3,20)15-21/h9-10,14,21H,4-8,11-13,15,20H2,1-3H3/t19-/m0/s1. The zero-order valence-corrected chi connectivity index (χ0v) is 14.5. The van der Waals surface area contributed by atoms with E-state index in [2.05, 4.69) is 32.0 Å². The first-order valence-electron chi connectivity index (χ1n) is 8.60. The number of hydrogen-bond acceptors (Lipinski definition) is 3. The van der Waals surface area contributed by atoms with Crippen molar-refractivity contribution >= 4 is 0 Å². The Labute approximate surface area is 135 Å². The Morgan fingerprint density at radius 2 is 1.91 bits per heavy atom. The summed E-state index contributed by atoms with van der Waals surface area (Å²) in [5.41, 5.74) is 7.90. The Morgan fingerprint density at radius 3 is 2.55 bits per heavy atom. The fourth-order valence-electron chi connectivity index (χ4n) is 2.43. The highest BCUT2D eigenvalue weighted by Crippen LogP contribution is 2.21. The Kier molecular flexibility index (Phi) is 8.51. The highest BCUT2D eigenvalue weighted by atomic mass is 16.5. The van der Waals surface area contributed by atoms with Gasteiger partial charge in [0.05, 0.1) is 13.2 Å². The van der Waals surface area contributed by atoms with Gasteiger partial charge < -0.3 is 15.6 Å². The molecular weight excluding hydrogens is 274 g/mol. The summed E-state index contributed by atoms with van der Waals surface area (Å²) >= 11 is 0. The molecule has 3 N–H and O–H groups in total. The molecule has 0 spiro atoms. The van der Waals surface area contributed by atoms with Crippen LogP contribution in [0.5, 0.6) is 5.75 Å². The number of hydrogen-bond donors (Lipinski definition) is 2. The average Bonchev–Trinajstić information content (AvgIpc) is 2.50. The summed E-state index contributed by atoms with van der Waals surface area (Å²) in [6.45, 7) is 7.02. The zero-order valence-electron chi connectivity index (χ0n) is 14.5. The summed E-state index contributed by atoms with van der Waals surface area (Å²) in [5, 5.41) is 9.20. The first-order chi connectivity index (χ1) is 10.5. The summed E-state index contributed by atoms with van der Waals surface area (Å²) < 4.78 is 5.87. The zero-order chi connectivity index (χ0) is 16.4. The van der Waals surface area contributed by atoms with Gasteiger partial charge in [-0.2, -0.15) is 0 Å². The summed E-state index contributed by atoms with van der Waals surface area (Å²) in [7, 11) is 0. The van der Waals surface area contributed by atoms with E-state index in [-0.39, 0.29) is 6.61 Å². The molecule has 3 nitrogen and oxygen atoms in total. The van der Waals surface area contributed by atoms with Gasteiger partial charge in [0.25, 0.3) is 0 Å². The number of aliphatic hydroxyl groups is 1. The molecule has 1 rings (SSSR count). The number of nitrogens with two attached hydrogens (primary N) is 1.